The third kappa shape index (κ3) is 2.43. The molecule has 18 heavy (non-hydrogen) atoms. The zero-order valence-electron chi connectivity index (χ0n) is 9.84. The van der Waals surface area contributed by atoms with Crippen molar-refractivity contribution in [1.29, 1.82) is 0 Å². The molecular weight excluding hydrogens is 301 g/mol. The second-order valence-electron chi connectivity index (χ2n) is 3.89. The highest BCUT2D eigenvalue weighted by atomic mass is 79.9. The number of H-pyrrole nitrogens is 1. The molecule has 1 aromatic heterocycles. The summed E-state index contributed by atoms with van der Waals surface area (Å²) in [5.74, 6) is -0.728. The number of carbonyl (C=O) groups excluding carboxylic acids is 1. The third-order valence-electron chi connectivity index (χ3n) is 2.53. The minimum Gasteiger partial charge on any atom is -0.322 e. The molecule has 0 aliphatic rings. The fraction of sp³-hybridized carbons (Fsp3) is 0.167. The first-order valence-electron chi connectivity index (χ1n) is 5.27. The number of nitrogens with one attached hydrogen (secondary N) is 2. The summed E-state index contributed by atoms with van der Waals surface area (Å²) in [5.41, 5.74) is 2.18. The van der Waals surface area contributed by atoms with Crippen LogP contribution in [0.3, 0.4) is 0 Å². The van der Waals surface area contributed by atoms with Gasteiger partial charge in [0.2, 0.25) is 0 Å². The van der Waals surface area contributed by atoms with Gasteiger partial charge in [-0.2, -0.15) is 5.10 Å². The molecule has 94 valence electrons. The molecule has 2 rings (SSSR count). The lowest BCUT2D eigenvalue weighted by molar-refractivity contribution is 0.102. The van der Waals surface area contributed by atoms with E-state index in [-0.39, 0.29) is 5.91 Å². The smallest absolute Gasteiger partial charge is 0.259 e. The standard InChI is InChI=1S/C12H11BrFN3O/c1-6-11(7(2)17-16-6)12(18)15-8-3-4-9(13)10(14)5-8/h3-5H,1-2H3,(H,15,18)(H,16,17). The number of carbonyl (C=O) groups is 1. The van der Waals surface area contributed by atoms with Crippen LogP contribution in [0, 0.1) is 19.7 Å². The molecule has 2 N–H and O–H groups in total. The van der Waals surface area contributed by atoms with Gasteiger partial charge in [0.15, 0.2) is 0 Å². The minimum atomic E-state index is -0.423. The predicted molar refractivity (Wildman–Crippen MR) is 70.1 cm³/mol. The van der Waals surface area contributed by atoms with Gasteiger partial charge in [-0.3, -0.25) is 9.89 Å². The quantitative estimate of drug-likeness (QED) is 0.895. The minimum absolute atomic E-state index is 0.305. The third-order valence-corrected chi connectivity index (χ3v) is 3.18. The van der Waals surface area contributed by atoms with E-state index in [1.54, 1.807) is 26.0 Å². The van der Waals surface area contributed by atoms with Gasteiger partial charge in [0.05, 0.1) is 15.7 Å². The Morgan fingerprint density at radius 3 is 2.72 bits per heavy atom. The van der Waals surface area contributed by atoms with Crippen LogP contribution in [0.4, 0.5) is 10.1 Å². The Kier molecular flexibility index (Phi) is 3.47. The monoisotopic (exact) mass is 311 g/mol. The molecular formula is C12H11BrFN3O. The van der Waals surface area contributed by atoms with Crippen molar-refractivity contribution in [2.75, 3.05) is 5.32 Å². The number of hydrogen-bond acceptors (Lipinski definition) is 2. The zero-order valence-corrected chi connectivity index (χ0v) is 11.4. The van der Waals surface area contributed by atoms with E-state index >= 15 is 0 Å². The van der Waals surface area contributed by atoms with E-state index < -0.39 is 5.82 Å². The molecule has 0 spiro atoms. The van der Waals surface area contributed by atoms with E-state index in [2.05, 4.69) is 31.4 Å². The van der Waals surface area contributed by atoms with Crippen LogP contribution in [0.5, 0.6) is 0 Å². The van der Waals surface area contributed by atoms with E-state index in [9.17, 15) is 9.18 Å². The lowest BCUT2D eigenvalue weighted by atomic mass is 10.2. The summed E-state index contributed by atoms with van der Waals surface area (Å²) < 4.78 is 13.7. The highest BCUT2D eigenvalue weighted by molar-refractivity contribution is 9.10. The van der Waals surface area contributed by atoms with Gasteiger partial charge >= 0.3 is 0 Å². The molecule has 2 aromatic rings. The second-order valence-corrected chi connectivity index (χ2v) is 4.75. The molecule has 0 aliphatic heterocycles. The summed E-state index contributed by atoms with van der Waals surface area (Å²) in [6.07, 6.45) is 0. The Labute approximate surface area is 112 Å². The van der Waals surface area contributed by atoms with Crippen LogP contribution >= 0.6 is 15.9 Å². The molecule has 0 saturated heterocycles. The summed E-state index contributed by atoms with van der Waals surface area (Å²) in [6, 6.07) is 4.42. The van der Waals surface area contributed by atoms with Crippen molar-refractivity contribution in [3.05, 3.63) is 45.4 Å². The van der Waals surface area contributed by atoms with E-state index in [1.807, 2.05) is 0 Å². The van der Waals surface area contributed by atoms with Crippen molar-refractivity contribution in [3.8, 4) is 0 Å². The molecule has 1 amide bonds. The molecule has 0 unspecified atom stereocenters. The molecule has 0 fully saturated rings. The highest BCUT2D eigenvalue weighted by Gasteiger charge is 2.15. The first kappa shape index (κ1) is 12.8. The fourth-order valence-electron chi connectivity index (χ4n) is 1.65. The number of rotatable bonds is 2. The van der Waals surface area contributed by atoms with Crippen LogP contribution in [0.15, 0.2) is 22.7 Å². The van der Waals surface area contributed by atoms with Crippen LogP contribution in [0.25, 0.3) is 0 Å². The van der Waals surface area contributed by atoms with Gasteiger partial charge in [0.25, 0.3) is 5.91 Å². The van der Waals surface area contributed by atoms with Crippen LogP contribution in [0.1, 0.15) is 21.7 Å². The Morgan fingerprint density at radius 2 is 2.17 bits per heavy atom. The van der Waals surface area contributed by atoms with Crippen molar-refractivity contribution in [2.45, 2.75) is 13.8 Å². The highest BCUT2D eigenvalue weighted by Crippen LogP contribution is 2.20. The summed E-state index contributed by atoms with van der Waals surface area (Å²) >= 11 is 3.05. The topological polar surface area (TPSA) is 57.8 Å². The molecule has 6 heteroatoms. The molecule has 4 nitrogen and oxygen atoms in total. The number of hydrogen-bond donors (Lipinski definition) is 2. The average molecular weight is 312 g/mol. The number of benzene rings is 1. The molecule has 0 saturated carbocycles. The van der Waals surface area contributed by atoms with Crippen molar-refractivity contribution in [3.63, 3.8) is 0 Å². The zero-order chi connectivity index (χ0) is 13.3. The summed E-state index contributed by atoms with van der Waals surface area (Å²) in [4.78, 5) is 12.0. The summed E-state index contributed by atoms with van der Waals surface area (Å²) in [5, 5.41) is 9.31. The van der Waals surface area contributed by atoms with Crippen molar-refractivity contribution in [1.82, 2.24) is 10.2 Å². The number of aromatic nitrogens is 2. The number of aromatic amines is 1. The lowest BCUT2D eigenvalue weighted by Crippen LogP contribution is -2.13. The summed E-state index contributed by atoms with van der Waals surface area (Å²) in [7, 11) is 0. The number of halogens is 2. The first-order valence-corrected chi connectivity index (χ1v) is 6.06. The lowest BCUT2D eigenvalue weighted by Gasteiger charge is -2.06. The normalized spacial score (nSPS) is 10.4. The summed E-state index contributed by atoms with van der Waals surface area (Å²) in [6.45, 7) is 3.50. The predicted octanol–water partition coefficient (Wildman–Crippen LogP) is 3.18. The maximum atomic E-state index is 13.3. The molecule has 1 aromatic carbocycles. The number of anilines is 1. The number of nitrogens with zero attached hydrogens (tertiary/aromatic N) is 1. The van der Waals surface area contributed by atoms with E-state index in [0.717, 1.165) is 0 Å². The second kappa shape index (κ2) is 4.89. The van der Waals surface area contributed by atoms with Crippen LogP contribution < -0.4 is 5.32 Å². The van der Waals surface area contributed by atoms with E-state index in [0.29, 0.717) is 27.1 Å². The molecule has 0 aliphatic carbocycles. The molecule has 0 bridgehead atoms. The Hall–Kier alpha value is -1.69. The Bertz CT molecular complexity index is 590. The number of amides is 1. The molecule has 0 atom stereocenters. The van der Waals surface area contributed by atoms with E-state index in [4.69, 9.17) is 0 Å². The van der Waals surface area contributed by atoms with E-state index in [1.165, 1.54) is 6.07 Å². The van der Waals surface area contributed by atoms with Gasteiger partial charge in [-0.1, -0.05) is 0 Å². The van der Waals surface area contributed by atoms with Gasteiger partial charge in [0, 0.05) is 11.4 Å². The maximum Gasteiger partial charge on any atom is 0.259 e. The van der Waals surface area contributed by atoms with Crippen LogP contribution in [-0.4, -0.2) is 16.1 Å². The number of aryl methyl sites for hydroxylation is 2. The maximum absolute atomic E-state index is 13.3. The average Bonchev–Trinajstić information content (AvgIpc) is 2.64. The van der Waals surface area contributed by atoms with Crippen molar-refractivity contribution >= 4 is 27.5 Å². The van der Waals surface area contributed by atoms with Gasteiger partial charge in [-0.05, 0) is 48.0 Å². The fourth-order valence-corrected chi connectivity index (χ4v) is 1.90. The largest absolute Gasteiger partial charge is 0.322 e. The Morgan fingerprint density at radius 1 is 1.44 bits per heavy atom. The van der Waals surface area contributed by atoms with Crippen molar-refractivity contribution < 1.29 is 9.18 Å². The SMILES string of the molecule is Cc1n[nH]c(C)c1C(=O)Nc1ccc(Br)c(F)c1. The first-order chi connectivity index (χ1) is 8.49. The van der Waals surface area contributed by atoms with Crippen LogP contribution in [0.2, 0.25) is 0 Å². The van der Waals surface area contributed by atoms with Gasteiger partial charge < -0.3 is 5.32 Å². The molecule has 1 heterocycles. The van der Waals surface area contributed by atoms with Gasteiger partial charge in [-0.15, -0.1) is 0 Å². The molecule has 0 radical (unpaired) electrons. The van der Waals surface area contributed by atoms with Gasteiger partial charge in [0.1, 0.15) is 5.82 Å². The van der Waals surface area contributed by atoms with Gasteiger partial charge in [-0.25, -0.2) is 4.39 Å². The van der Waals surface area contributed by atoms with Crippen LogP contribution in [-0.2, 0) is 0 Å². The Balaban J connectivity index is 2.24. The van der Waals surface area contributed by atoms with Crippen molar-refractivity contribution in [2.24, 2.45) is 0 Å².